The second-order valence-corrected chi connectivity index (χ2v) is 8.25. The first kappa shape index (κ1) is 22.8. The topological polar surface area (TPSA) is 93.4 Å². The molecule has 0 fully saturated rings. The van der Waals surface area contributed by atoms with Crippen molar-refractivity contribution < 1.29 is 8.78 Å². The highest BCUT2D eigenvalue weighted by atomic mass is 19.1. The molecule has 5 nitrogen and oxygen atoms in total. The van der Waals surface area contributed by atoms with E-state index < -0.39 is 23.1 Å². The first-order chi connectivity index (χ1) is 17.4. The minimum absolute atomic E-state index is 0.00635. The molecule has 1 heterocycles. The maximum absolute atomic E-state index is 14.9. The fourth-order valence-corrected chi connectivity index (χ4v) is 4.17. The molecule has 0 aliphatic heterocycles. The molecule has 36 heavy (non-hydrogen) atoms. The number of aromatic nitrogens is 2. The minimum atomic E-state index is -1.08. The molecule has 0 radical (unpaired) electrons. The number of hydrogen-bond donors (Lipinski definition) is 2. The Hall–Kier alpha value is -4.96. The van der Waals surface area contributed by atoms with Gasteiger partial charge in [-0.05, 0) is 47.0 Å². The summed E-state index contributed by atoms with van der Waals surface area (Å²) in [5.74, 6) is -2.59. The summed E-state index contributed by atoms with van der Waals surface area (Å²) in [5, 5.41) is 18.2. The zero-order chi connectivity index (χ0) is 25.2. The van der Waals surface area contributed by atoms with Crippen LogP contribution < -0.4 is 5.56 Å². The van der Waals surface area contributed by atoms with Gasteiger partial charge in [0.15, 0.2) is 0 Å². The van der Waals surface area contributed by atoms with Crippen LogP contribution in [0.4, 0.5) is 8.78 Å². The molecule has 174 valence electrons. The van der Waals surface area contributed by atoms with E-state index in [2.05, 4.69) is 16.0 Å². The van der Waals surface area contributed by atoms with E-state index >= 15 is 0 Å². The van der Waals surface area contributed by atoms with Gasteiger partial charge in [0.1, 0.15) is 17.5 Å². The number of nitrogens with zero attached hydrogens (tertiary/aromatic N) is 2. The minimum Gasteiger partial charge on any atom is -0.309 e. The molecule has 0 saturated heterocycles. The number of aromatic amines is 1. The molecule has 1 aromatic heterocycles. The lowest BCUT2D eigenvalue weighted by atomic mass is 9.88. The predicted octanol–water partition coefficient (Wildman–Crippen LogP) is 5.94. The second-order valence-electron chi connectivity index (χ2n) is 8.25. The van der Waals surface area contributed by atoms with Crippen molar-refractivity contribution in [2.45, 2.75) is 5.92 Å². The van der Waals surface area contributed by atoms with Crippen LogP contribution in [0.2, 0.25) is 0 Å². The number of nitrogens with one attached hydrogen (secondary N) is 2. The number of fused-ring (bicyclic) bond motifs is 1. The van der Waals surface area contributed by atoms with Gasteiger partial charge >= 0.3 is 0 Å². The Kier molecular flexibility index (Phi) is 5.93. The summed E-state index contributed by atoms with van der Waals surface area (Å²) < 4.78 is 28.6. The third-order valence-electron chi connectivity index (χ3n) is 5.99. The van der Waals surface area contributed by atoms with Gasteiger partial charge in [-0.25, -0.2) is 13.8 Å². The van der Waals surface area contributed by atoms with Crippen LogP contribution in [0.1, 0.15) is 28.4 Å². The Bertz CT molecular complexity index is 1700. The van der Waals surface area contributed by atoms with Gasteiger partial charge in [-0.3, -0.25) is 4.79 Å². The van der Waals surface area contributed by atoms with Gasteiger partial charge in [0.05, 0.1) is 34.2 Å². The molecule has 0 bridgehead atoms. The molecule has 7 heteroatoms. The van der Waals surface area contributed by atoms with Crippen molar-refractivity contribution in [3.8, 4) is 17.2 Å². The van der Waals surface area contributed by atoms with Crippen molar-refractivity contribution in [1.29, 1.82) is 10.7 Å². The number of nitriles is 1. The molecule has 5 rings (SSSR count). The maximum Gasteiger partial charge on any atom is 0.258 e. The molecular weight excluding hydrogens is 458 g/mol. The van der Waals surface area contributed by atoms with Gasteiger partial charge in [0.2, 0.25) is 0 Å². The summed E-state index contributed by atoms with van der Waals surface area (Å²) in [6.45, 7) is 0. The molecule has 4 aromatic carbocycles. The molecular formula is C29H18F2N4O. The van der Waals surface area contributed by atoms with Crippen molar-refractivity contribution in [2.75, 3.05) is 0 Å². The van der Waals surface area contributed by atoms with Crippen LogP contribution in [-0.4, -0.2) is 15.7 Å². The summed E-state index contributed by atoms with van der Waals surface area (Å²) in [6, 6.07) is 26.1. The largest absolute Gasteiger partial charge is 0.309 e. The summed E-state index contributed by atoms with van der Waals surface area (Å²) in [5.41, 5.74) is 2.61. The Labute approximate surface area is 204 Å². The summed E-state index contributed by atoms with van der Waals surface area (Å²) >= 11 is 0. The summed E-state index contributed by atoms with van der Waals surface area (Å²) in [6.07, 6.45) is 0. The Morgan fingerprint density at radius 1 is 0.917 bits per heavy atom. The van der Waals surface area contributed by atoms with Crippen LogP contribution in [0.5, 0.6) is 0 Å². The van der Waals surface area contributed by atoms with E-state index in [1.165, 1.54) is 6.07 Å². The number of benzene rings is 4. The highest BCUT2D eigenvalue weighted by Gasteiger charge is 2.27. The summed E-state index contributed by atoms with van der Waals surface area (Å²) in [7, 11) is 0. The van der Waals surface area contributed by atoms with Gasteiger partial charge < -0.3 is 10.4 Å². The van der Waals surface area contributed by atoms with Crippen molar-refractivity contribution in [2.24, 2.45) is 0 Å². The van der Waals surface area contributed by atoms with E-state index in [4.69, 9.17) is 10.7 Å². The third-order valence-corrected chi connectivity index (χ3v) is 5.99. The molecule has 0 saturated carbocycles. The second kappa shape index (κ2) is 9.35. The van der Waals surface area contributed by atoms with E-state index in [1.54, 1.807) is 72.8 Å². The predicted molar refractivity (Wildman–Crippen MR) is 134 cm³/mol. The number of hydrogen-bond acceptors (Lipinski definition) is 4. The van der Waals surface area contributed by atoms with Gasteiger partial charge in [0, 0.05) is 11.6 Å². The summed E-state index contributed by atoms with van der Waals surface area (Å²) in [4.78, 5) is 20.4. The van der Waals surface area contributed by atoms with Crippen molar-refractivity contribution in [3.63, 3.8) is 0 Å². The number of rotatable bonds is 5. The Morgan fingerprint density at radius 2 is 1.64 bits per heavy atom. The highest BCUT2D eigenvalue weighted by molar-refractivity contribution is 6.04. The van der Waals surface area contributed by atoms with Crippen molar-refractivity contribution >= 4 is 16.6 Å². The van der Waals surface area contributed by atoms with E-state index in [0.717, 1.165) is 23.3 Å². The zero-order valence-electron chi connectivity index (χ0n) is 18.8. The molecule has 1 unspecified atom stereocenters. The quantitative estimate of drug-likeness (QED) is 0.308. The molecule has 5 aromatic rings. The molecule has 2 N–H and O–H groups in total. The number of H-pyrrole nitrogens is 1. The van der Waals surface area contributed by atoms with Crippen LogP contribution in [0.25, 0.3) is 22.0 Å². The zero-order valence-corrected chi connectivity index (χ0v) is 18.8. The number of halogens is 2. The standard InChI is InChI=1S/C29H18F2N4O/c30-21-11-13-22(24(31)15-21)26(27(33)19-4-2-1-3-5-19)28-34-25-14-20(10-12-23(25)29(36)35-28)18-8-6-17(16-32)7-9-18/h1-15,26,33H,(H,34,35,36). The average molecular weight is 476 g/mol. The average Bonchev–Trinajstić information content (AvgIpc) is 2.90. The van der Waals surface area contributed by atoms with E-state index in [0.29, 0.717) is 22.0 Å². The fraction of sp³-hybridized carbons (Fsp3) is 0.0345. The fourth-order valence-electron chi connectivity index (χ4n) is 4.17. The normalized spacial score (nSPS) is 11.7. The monoisotopic (exact) mass is 476 g/mol. The van der Waals surface area contributed by atoms with Gasteiger partial charge in [-0.1, -0.05) is 54.6 Å². The van der Waals surface area contributed by atoms with Crippen LogP contribution in [0, 0.1) is 28.4 Å². The van der Waals surface area contributed by atoms with E-state index in [1.807, 2.05) is 0 Å². The van der Waals surface area contributed by atoms with Crippen LogP contribution in [-0.2, 0) is 0 Å². The first-order valence-electron chi connectivity index (χ1n) is 11.1. The van der Waals surface area contributed by atoms with Crippen molar-refractivity contribution in [3.05, 3.63) is 135 Å². The van der Waals surface area contributed by atoms with Gasteiger partial charge in [0.25, 0.3) is 5.56 Å². The van der Waals surface area contributed by atoms with Crippen LogP contribution in [0.15, 0.2) is 95.8 Å². The van der Waals surface area contributed by atoms with Gasteiger partial charge in [-0.15, -0.1) is 0 Å². The first-order valence-corrected chi connectivity index (χ1v) is 11.1. The smallest absolute Gasteiger partial charge is 0.258 e. The SMILES string of the molecule is N#Cc1ccc(-c2ccc3c(=O)[nH]c(C(C(=N)c4ccccc4)c4ccc(F)cc4F)nc3c2)cc1. The van der Waals surface area contributed by atoms with Gasteiger partial charge in [-0.2, -0.15) is 5.26 Å². The lowest BCUT2D eigenvalue weighted by molar-refractivity contribution is 0.571. The lowest BCUT2D eigenvalue weighted by Crippen LogP contribution is -2.22. The Balaban J connectivity index is 1.69. The maximum atomic E-state index is 14.9. The van der Waals surface area contributed by atoms with Crippen LogP contribution in [0.3, 0.4) is 0 Å². The molecule has 0 aliphatic carbocycles. The Morgan fingerprint density at radius 3 is 2.33 bits per heavy atom. The lowest BCUT2D eigenvalue weighted by Gasteiger charge is -2.19. The third kappa shape index (κ3) is 4.28. The van der Waals surface area contributed by atoms with E-state index in [-0.39, 0.29) is 17.1 Å². The van der Waals surface area contributed by atoms with E-state index in [9.17, 15) is 13.6 Å². The van der Waals surface area contributed by atoms with Crippen LogP contribution >= 0.6 is 0 Å². The molecule has 0 aliphatic rings. The van der Waals surface area contributed by atoms with Crippen molar-refractivity contribution in [1.82, 2.24) is 9.97 Å². The molecule has 0 amide bonds. The highest BCUT2D eigenvalue weighted by Crippen LogP contribution is 2.30. The molecule has 1 atom stereocenters. The molecule has 0 spiro atoms.